The molecule has 0 fully saturated rings. The number of anilines is 2. The van der Waals surface area contributed by atoms with Gasteiger partial charge in [-0.2, -0.15) is 5.10 Å². The number of carbonyl (C=O) groups excluding carboxylic acids is 2. The Labute approximate surface area is 122 Å². The number of nitrogens with zero attached hydrogens (tertiary/aromatic N) is 2. The summed E-state index contributed by atoms with van der Waals surface area (Å²) in [4.78, 5) is 23.5. The van der Waals surface area contributed by atoms with E-state index in [1.165, 1.54) is 0 Å². The third-order valence-corrected chi connectivity index (χ3v) is 2.82. The van der Waals surface area contributed by atoms with Crippen molar-refractivity contribution in [3.63, 3.8) is 0 Å². The highest BCUT2D eigenvalue weighted by molar-refractivity contribution is 5.99. The summed E-state index contributed by atoms with van der Waals surface area (Å²) in [6.07, 6.45) is 3.28. The maximum Gasteiger partial charge on any atom is 0.251 e. The number of carbonyl (C=O) groups is 2. The van der Waals surface area contributed by atoms with Gasteiger partial charge in [-0.05, 0) is 31.2 Å². The molecule has 1 heterocycles. The average molecular weight is 287 g/mol. The Balaban J connectivity index is 1.83. The molecule has 2 aromatic rings. The smallest absolute Gasteiger partial charge is 0.251 e. The van der Waals surface area contributed by atoms with E-state index < -0.39 is 0 Å². The van der Waals surface area contributed by atoms with E-state index in [4.69, 9.17) is 5.73 Å². The monoisotopic (exact) mass is 287 g/mol. The average Bonchev–Trinajstić information content (AvgIpc) is 2.93. The third kappa shape index (κ3) is 4.07. The van der Waals surface area contributed by atoms with E-state index in [2.05, 4.69) is 15.7 Å². The first-order chi connectivity index (χ1) is 10.1. The van der Waals surface area contributed by atoms with Crippen molar-refractivity contribution >= 4 is 23.2 Å². The minimum absolute atomic E-state index is 0.111. The Morgan fingerprint density at radius 3 is 2.62 bits per heavy atom. The third-order valence-electron chi connectivity index (χ3n) is 2.82. The number of hydrogen-bond donors (Lipinski definition) is 3. The molecule has 0 aliphatic rings. The number of nitrogens with one attached hydrogen (secondary N) is 2. The van der Waals surface area contributed by atoms with Gasteiger partial charge >= 0.3 is 0 Å². The summed E-state index contributed by atoms with van der Waals surface area (Å²) >= 11 is 0. The lowest BCUT2D eigenvalue weighted by atomic mass is 10.2. The van der Waals surface area contributed by atoms with Crippen LogP contribution in [0.15, 0.2) is 36.7 Å². The second-order valence-electron chi connectivity index (χ2n) is 4.44. The molecule has 1 aromatic carbocycles. The van der Waals surface area contributed by atoms with E-state index in [-0.39, 0.29) is 18.4 Å². The molecule has 7 heteroatoms. The molecule has 0 bridgehead atoms. The number of aromatic nitrogens is 2. The topological polar surface area (TPSA) is 102 Å². The predicted octanol–water partition coefficient (Wildman–Crippen LogP) is 0.854. The van der Waals surface area contributed by atoms with E-state index in [0.717, 1.165) is 6.54 Å². The lowest BCUT2D eigenvalue weighted by molar-refractivity contribution is -0.115. The van der Waals surface area contributed by atoms with Gasteiger partial charge in [0.25, 0.3) is 5.91 Å². The van der Waals surface area contributed by atoms with Gasteiger partial charge in [0, 0.05) is 24.0 Å². The first-order valence-electron chi connectivity index (χ1n) is 6.54. The first kappa shape index (κ1) is 14.6. The van der Waals surface area contributed by atoms with E-state index >= 15 is 0 Å². The van der Waals surface area contributed by atoms with Crippen molar-refractivity contribution in [2.45, 2.75) is 13.5 Å². The first-order valence-corrected chi connectivity index (χ1v) is 6.54. The molecule has 4 N–H and O–H groups in total. The van der Waals surface area contributed by atoms with Gasteiger partial charge in [-0.1, -0.05) is 0 Å². The summed E-state index contributed by atoms with van der Waals surface area (Å²) < 4.78 is 1.70. The second-order valence-corrected chi connectivity index (χ2v) is 4.44. The molecule has 2 amide bonds. The fourth-order valence-electron chi connectivity index (χ4n) is 1.70. The number of hydrogen-bond acceptors (Lipinski definition) is 4. The van der Waals surface area contributed by atoms with Gasteiger partial charge < -0.3 is 16.4 Å². The Bertz CT molecular complexity index is 633. The normalized spacial score (nSPS) is 10.1. The second kappa shape index (κ2) is 6.56. The van der Waals surface area contributed by atoms with E-state index in [1.54, 1.807) is 41.3 Å². The van der Waals surface area contributed by atoms with Gasteiger partial charge in [0.2, 0.25) is 5.91 Å². The van der Waals surface area contributed by atoms with Crippen LogP contribution in [0.4, 0.5) is 11.4 Å². The number of nitrogen functional groups attached to an aromatic ring is 1. The Kier molecular flexibility index (Phi) is 4.55. The van der Waals surface area contributed by atoms with Crippen LogP contribution in [0.2, 0.25) is 0 Å². The maximum atomic E-state index is 11.8. The van der Waals surface area contributed by atoms with E-state index in [1.807, 2.05) is 6.92 Å². The van der Waals surface area contributed by atoms with E-state index in [0.29, 0.717) is 16.9 Å². The Hall–Kier alpha value is -2.83. The van der Waals surface area contributed by atoms with Gasteiger partial charge in [0.15, 0.2) is 0 Å². The van der Waals surface area contributed by atoms with Crippen LogP contribution >= 0.6 is 0 Å². The van der Waals surface area contributed by atoms with Gasteiger partial charge in [-0.25, -0.2) is 0 Å². The van der Waals surface area contributed by atoms with Gasteiger partial charge in [0.05, 0.1) is 18.4 Å². The zero-order chi connectivity index (χ0) is 15.2. The molecule has 1 aromatic heterocycles. The van der Waals surface area contributed by atoms with Crippen LogP contribution in [0.25, 0.3) is 0 Å². The van der Waals surface area contributed by atoms with Crippen LogP contribution in [-0.4, -0.2) is 28.1 Å². The minimum atomic E-state index is -0.325. The van der Waals surface area contributed by atoms with Crippen molar-refractivity contribution in [3.8, 4) is 0 Å². The number of rotatable bonds is 5. The number of aryl methyl sites for hydroxylation is 1. The molecule has 0 unspecified atom stereocenters. The molecule has 0 aliphatic carbocycles. The number of amides is 2. The van der Waals surface area contributed by atoms with Crippen LogP contribution in [0.5, 0.6) is 0 Å². The summed E-state index contributed by atoms with van der Waals surface area (Å²) in [6.45, 7) is 2.57. The lowest BCUT2D eigenvalue weighted by Crippen LogP contribution is -2.32. The molecule has 2 rings (SSSR count). The minimum Gasteiger partial charge on any atom is -0.399 e. The van der Waals surface area contributed by atoms with Crippen molar-refractivity contribution < 1.29 is 9.59 Å². The van der Waals surface area contributed by atoms with Crippen molar-refractivity contribution in [2.75, 3.05) is 17.6 Å². The van der Waals surface area contributed by atoms with Crippen molar-refractivity contribution in [1.29, 1.82) is 0 Å². The molecule has 0 aliphatic heterocycles. The molecule has 7 nitrogen and oxygen atoms in total. The molecule has 0 saturated carbocycles. The van der Waals surface area contributed by atoms with Crippen LogP contribution in [-0.2, 0) is 11.3 Å². The highest BCUT2D eigenvalue weighted by Crippen LogP contribution is 2.06. The molecule has 0 saturated heterocycles. The highest BCUT2D eigenvalue weighted by atomic mass is 16.2. The molecule has 110 valence electrons. The van der Waals surface area contributed by atoms with Crippen LogP contribution in [0.1, 0.15) is 17.3 Å². The molecular weight excluding hydrogens is 270 g/mol. The van der Waals surface area contributed by atoms with E-state index in [9.17, 15) is 9.59 Å². The summed E-state index contributed by atoms with van der Waals surface area (Å²) in [6, 6.07) is 6.48. The fraction of sp³-hybridized carbons (Fsp3) is 0.214. The summed E-state index contributed by atoms with van der Waals surface area (Å²) in [5.41, 5.74) is 7.18. The van der Waals surface area contributed by atoms with Crippen LogP contribution in [0, 0.1) is 0 Å². The SMILES string of the molecule is CCn1cc(NC(=O)CNC(=O)c2ccc(N)cc2)cn1. The quantitative estimate of drug-likeness (QED) is 0.709. The predicted molar refractivity (Wildman–Crippen MR) is 79.7 cm³/mol. The van der Waals surface area contributed by atoms with Gasteiger partial charge in [0.1, 0.15) is 0 Å². The fourth-order valence-corrected chi connectivity index (χ4v) is 1.70. The zero-order valence-electron chi connectivity index (χ0n) is 11.7. The number of benzene rings is 1. The summed E-state index contributed by atoms with van der Waals surface area (Å²) in [5, 5.41) is 9.24. The van der Waals surface area contributed by atoms with Crippen molar-refractivity contribution in [3.05, 3.63) is 42.2 Å². The summed E-state index contributed by atoms with van der Waals surface area (Å²) in [7, 11) is 0. The lowest BCUT2D eigenvalue weighted by Gasteiger charge is -2.05. The molecular formula is C14H17N5O2. The van der Waals surface area contributed by atoms with Crippen LogP contribution in [0.3, 0.4) is 0 Å². The molecule has 21 heavy (non-hydrogen) atoms. The Morgan fingerprint density at radius 1 is 1.29 bits per heavy atom. The molecule has 0 atom stereocenters. The Morgan fingerprint density at radius 2 is 2.00 bits per heavy atom. The molecule has 0 radical (unpaired) electrons. The standard InChI is InChI=1S/C14H17N5O2/c1-2-19-9-12(7-17-19)18-13(20)8-16-14(21)10-3-5-11(15)6-4-10/h3-7,9H,2,8,15H2,1H3,(H,16,21)(H,18,20). The summed E-state index contributed by atoms with van der Waals surface area (Å²) in [5.74, 6) is -0.635. The maximum absolute atomic E-state index is 11.8. The van der Waals surface area contributed by atoms with Crippen molar-refractivity contribution in [2.24, 2.45) is 0 Å². The zero-order valence-corrected chi connectivity index (χ0v) is 11.7. The van der Waals surface area contributed by atoms with Crippen LogP contribution < -0.4 is 16.4 Å². The largest absolute Gasteiger partial charge is 0.399 e. The number of nitrogens with two attached hydrogens (primary N) is 1. The molecule has 0 spiro atoms. The highest BCUT2D eigenvalue weighted by Gasteiger charge is 2.08. The van der Waals surface area contributed by atoms with Crippen molar-refractivity contribution in [1.82, 2.24) is 15.1 Å². The van der Waals surface area contributed by atoms with Gasteiger partial charge in [-0.3, -0.25) is 14.3 Å². The van der Waals surface area contributed by atoms with Gasteiger partial charge in [-0.15, -0.1) is 0 Å².